The molecule has 1 saturated heterocycles. The Morgan fingerprint density at radius 1 is 1.19 bits per heavy atom. The Morgan fingerprint density at radius 3 is 2.77 bits per heavy atom. The molecule has 0 unspecified atom stereocenters. The van der Waals surface area contributed by atoms with Gasteiger partial charge in [-0.05, 0) is 56.6 Å². The van der Waals surface area contributed by atoms with Crippen LogP contribution in [-0.4, -0.2) is 48.3 Å². The summed E-state index contributed by atoms with van der Waals surface area (Å²) in [6, 6.07) is 7.73. The van der Waals surface area contributed by atoms with Crippen LogP contribution in [0.25, 0.3) is 10.9 Å². The SMILES string of the molecule is COc1c(OCCCN2CCCC2)ccc2c(Nc3cc(O)c(Cl)cc3F)ccnc12. The van der Waals surface area contributed by atoms with E-state index in [4.69, 9.17) is 21.1 Å². The van der Waals surface area contributed by atoms with Crippen LogP contribution < -0.4 is 14.8 Å². The minimum atomic E-state index is -0.572. The summed E-state index contributed by atoms with van der Waals surface area (Å²) < 4.78 is 25.9. The van der Waals surface area contributed by atoms with E-state index in [0.29, 0.717) is 29.3 Å². The molecule has 0 bridgehead atoms. The molecule has 164 valence electrons. The molecule has 2 heterocycles. The second kappa shape index (κ2) is 9.58. The lowest BCUT2D eigenvalue weighted by Crippen LogP contribution is -2.21. The first-order valence-corrected chi connectivity index (χ1v) is 10.7. The van der Waals surface area contributed by atoms with Gasteiger partial charge in [-0.2, -0.15) is 0 Å². The van der Waals surface area contributed by atoms with Gasteiger partial charge in [0, 0.05) is 29.9 Å². The zero-order chi connectivity index (χ0) is 21.8. The summed E-state index contributed by atoms with van der Waals surface area (Å²) in [7, 11) is 1.57. The molecule has 0 saturated carbocycles. The van der Waals surface area contributed by atoms with Crippen molar-refractivity contribution in [1.82, 2.24) is 9.88 Å². The van der Waals surface area contributed by atoms with Crippen LogP contribution in [0.15, 0.2) is 36.5 Å². The molecule has 6 nitrogen and oxygen atoms in total. The van der Waals surface area contributed by atoms with Gasteiger partial charge in [0.05, 0.1) is 24.4 Å². The summed E-state index contributed by atoms with van der Waals surface area (Å²) in [5.41, 5.74) is 1.32. The summed E-state index contributed by atoms with van der Waals surface area (Å²) in [6.07, 6.45) is 5.11. The molecule has 1 aromatic heterocycles. The van der Waals surface area contributed by atoms with Crippen molar-refractivity contribution >= 4 is 33.9 Å². The molecule has 0 atom stereocenters. The number of hydrogen-bond donors (Lipinski definition) is 2. The molecule has 2 aromatic carbocycles. The topological polar surface area (TPSA) is 66.9 Å². The highest BCUT2D eigenvalue weighted by Gasteiger charge is 2.16. The van der Waals surface area contributed by atoms with Gasteiger partial charge in [0.25, 0.3) is 0 Å². The fourth-order valence-corrected chi connectivity index (χ4v) is 4.00. The normalized spacial score (nSPS) is 14.2. The Labute approximate surface area is 185 Å². The summed E-state index contributed by atoms with van der Waals surface area (Å²) in [6.45, 7) is 3.96. The van der Waals surface area contributed by atoms with Gasteiger partial charge in [-0.1, -0.05) is 11.6 Å². The number of aromatic nitrogens is 1. The van der Waals surface area contributed by atoms with Crippen molar-refractivity contribution < 1.29 is 19.0 Å². The van der Waals surface area contributed by atoms with Gasteiger partial charge < -0.3 is 24.8 Å². The van der Waals surface area contributed by atoms with Gasteiger partial charge >= 0.3 is 0 Å². The van der Waals surface area contributed by atoms with E-state index < -0.39 is 5.82 Å². The lowest BCUT2D eigenvalue weighted by molar-refractivity contribution is 0.255. The first-order chi connectivity index (χ1) is 15.1. The minimum Gasteiger partial charge on any atom is -0.506 e. The number of pyridine rings is 1. The van der Waals surface area contributed by atoms with E-state index in [2.05, 4.69) is 15.2 Å². The standard InChI is InChI=1S/C23H25ClFN3O3/c1-30-23-21(31-12-4-11-28-9-2-3-10-28)6-5-15-18(7-8-26-22(15)23)27-19-14-20(29)16(24)13-17(19)25/h5-8,13-14,29H,2-4,9-12H2,1H3,(H,26,27). The van der Waals surface area contributed by atoms with E-state index in [1.807, 2.05) is 12.1 Å². The van der Waals surface area contributed by atoms with Crippen LogP contribution in [0, 0.1) is 5.82 Å². The predicted molar refractivity (Wildman–Crippen MR) is 120 cm³/mol. The summed E-state index contributed by atoms with van der Waals surface area (Å²) >= 11 is 5.77. The summed E-state index contributed by atoms with van der Waals surface area (Å²) in [4.78, 5) is 6.90. The molecular weight excluding hydrogens is 421 g/mol. The van der Waals surface area contributed by atoms with Crippen molar-refractivity contribution in [3.05, 3.63) is 47.4 Å². The number of halogens is 2. The number of nitrogens with zero attached hydrogens (tertiary/aromatic N) is 2. The van der Waals surface area contributed by atoms with Crippen LogP contribution in [0.2, 0.25) is 5.02 Å². The van der Waals surface area contributed by atoms with E-state index in [1.54, 1.807) is 19.4 Å². The Bertz CT molecular complexity index is 1070. The van der Waals surface area contributed by atoms with Gasteiger partial charge in [0.2, 0.25) is 0 Å². The minimum absolute atomic E-state index is 0.0455. The van der Waals surface area contributed by atoms with Crippen molar-refractivity contribution in [1.29, 1.82) is 0 Å². The number of likely N-dealkylation sites (tertiary alicyclic amines) is 1. The van der Waals surface area contributed by atoms with Crippen molar-refractivity contribution in [3.8, 4) is 17.2 Å². The van der Waals surface area contributed by atoms with Crippen LogP contribution in [0.4, 0.5) is 15.8 Å². The Balaban J connectivity index is 1.54. The third kappa shape index (κ3) is 4.78. The number of phenolic OH excluding ortho intramolecular Hbond substituents is 1. The number of methoxy groups -OCH3 is 1. The molecule has 31 heavy (non-hydrogen) atoms. The number of fused-ring (bicyclic) bond motifs is 1. The lowest BCUT2D eigenvalue weighted by atomic mass is 10.1. The van der Waals surface area contributed by atoms with E-state index in [-0.39, 0.29) is 16.5 Å². The van der Waals surface area contributed by atoms with Crippen molar-refractivity contribution in [2.45, 2.75) is 19.3 Å². The fraction of sp³-hybridized carbons (Fsp3) is 0.348. The zero-order valence-corrected chi connectivity index (χ0v) is 18.1. The van der Waals surface area contributed by atoms with E-state index in [1.165, 1.54) is 32.0 Å². The maximum absolute atomic E-state index is 14.3. The van der Waals surface area contributed by atoms with Gasteiger partial charge in [0.15, 0.2) is 11.5 Å². The van der Waals surface area contributed by atoms with Crippen LogP contribution in [0.3, 0.4) is 0 Å². The van der Waals surface area contributed by atoms with E-state index >= 15 is 0 Å². The predicted octanol–water partition coefficient (Wildman–Crippen LogP) is 5.35. The van der Waals surface area contributed by atoms with Crippen molar-refractivity contribution in [3.63, 3.8) is 0 Å². The maximum Gasteiger partial charge on any atom is 0.187 e. The number of aromatic hydroxyl groups is 1. The second-order valence-corrected chi connectivity index (χ2v) is 7.92. The van der Waals surface area contributed by atoms with Gasteiger partial charge in [0.1, 0.15) is 17.1 Å². The molecule has 0 spiro atoms. The number of ether oxygens (including phenoxy) is 2. The Hall–Kier alpha value is -2.77. The number of rotatable bonds is 8. The van der Waals surface area contributed by atoms with Gasteiger partial charge in [-0.15, -0.1) is 0 Å². The van der Waals surface area contributed by atoms with Crippen LogP contribution in [0.1, 0.15) is 19.3 Å². The molecule has 1 aliphatic heterocycles. The second-order valence-electron chi connectivity index (χ2n) is 7.51. The molecule has 0 amide bonds. The van der Waals surface area contributed by atoms with Crippen LogP contribution >= 0.6 is 11.6 Å². The highest BCUT2D eigenvalue weighted by atomic mass is 35.5. The molecule has 8 heteroatoms. The average Bonchev–Trinajstić information content (AvgIpc) is 3.28. The van der Waals surface area contributed by atoms with E-state index in [0.717, 1.165) is 24.4 Å². The molecular formula is C23H25ClFN3O3. The van der Waals surface area contributed by atoms with Crippen LogP contribution in [-0.2, 0) is 0 Å². The molecule has 3 aromatic rings. The van der Waals surface area contributed by atoms with Gasteiger partial charge in [-0.3, -0.25) is 4.98 Å². The molecule has 2 N–H and O–H groups in total. The van der Waals surface area contributed by atoms with Gasteiger partial charge in [-0.25, -0.2) is 4.39 Å². The molecule has 1 aliphatic rings. The Morgan fingerprint density at radius 2 is 2.00 bits per heavy atom. The van der Waals surface area contributed by atoms with Crippen molar-refractivity contribution in [2.75, 3.05) is 38.7 Å². The largest absolute Gasteiger partial charge is 0.506 e. The van der Waals surface area contributed by atoms with Crippen molar-refractivity contribution in [2.24, 2.45) is 0 Å². The quantitative estimate of drug-likeness (QED) is 0.455. The first kappa shape index (κ1) is 21.5. The number of phenols is 1. The highest BCUT2D eigenvalue weighted by molar-refractivity contribution is 6.32. The fourth-order valence-electron chi connectivity index (χ4n) is 3.85. The zero-order valence-electron chi connectivity index (χ0n) is 17.3. The monoisotopic (exact) mass is 445 g/mol. The average molecular weight is 446 g/mol. The number of benzene rings is 2. The number of anilines is 2. The highest BCUT2D eigenvalue weighted by Crippen LogP contribution is 2.39. The first-order valence-electron chi connectivity index (χ1n) is 10.3. The van der Waals surface area contributed by atoms with E-state index in [9.17, 15) is 9.50 Å². The Kier molecular flexibility index (Phi) is 6.63. The molecule has 4 rings (SSSR count). The number of hydrogen-bond acceptors (Lipinski definition) is 6. The van der Waals surface area contributed by atoms with Crippen LogP contribution in [0.5, 0.6) is 17.2 Å². The molecule has 1 fully saturated rings. The molecule has 0 aliphatic carbocycles. The third-order valence-corrected chi connectivity index (χ3v) is 5.72. The summed E-state index contributed by atoms with van der Waals surface area (Å²) in [5, 5.41) is 13.5. The molecule has 0 radical (unpaired) electrons. The smallest absolute Gasteiger partial charge is 0.187 e. The third-order valence-electron chi connectivity index (χ3n) is 5.42. The lowest BCUT2D eigenvalue weighted by Gasteiger charge is -2.17. The number of nitrogens with one attached hydrogen (secondary N) is 1. The summed E-state index contributed by atoms with van der Waals surface area (Å²) in [5.74, 6) is 0.377. The maximum atomic E-state index is 14.3.